The Morgan fingerprint density at radius 1 is 1.08 bits per heavy atom. The molecule has 0 aromatic carbocycles. The maximum atomic E-state index is 13.5. The minimum Gasteiger partial charge on any atom is -0.362 e. The predicted octanol–water partition coefficient (Wildman–Crippen LogP) is 6.81. The number of aromatic nitrogens is 3. The number of rotatable bonds is 1. The lowest BCUT2D eigenvalue weighted by Crippen LogP contribution is -2.40. The third kappa shape index (κ3) is 5.76. The molecule has 7 nitrogen and oxygen atoms in total. The smallest absolute Gasteiger partial charge is 0.265 e. The quantitative estimate of drug-likeness (QED) is 0.322. The Hall–Kier alpha value is -2.84. The van der Waals surface area contributed by atoms with Crippen molar-refractivity contribution < 1.29 is 4.79 Å². The number of carbonyl (C=O) groups is 1. The molecule has 0 aliphatic carbocycles. The van der Waals surface area contributed by atoms with Gasteiger partial charge in [0.05, 0.1) is 22.3 Å². The van der Waals surface area contributed by atoms with E-state index in [0.29, 0.717) is 21.5 Å². The van der Waals surface area contributed by atoms with Gasteiger partial charge in [-0.2, -0.15) is 0 Å². The first kappa shape index (κ1) is 26.8. The van der Waals surface area contributed by atoms with E-state index in [1.807, 2.05) is 42.5 Å². The van der Waals surface area contributed by atoms with E-state index in [1.165, 1.54) is 11.9 Å². The fraction of sp³-hybridized carbons (Fsp3) is 0.448. The SMILES string of the molecule is CC(C)(C)c1ccc2c(n1)N1CC(CCC(c3ccc(Cl)cn3)Nc3cccc(n3)SNC2=O)CC1(C)C. The lowest BCUT2D eigenvalue weighted by atomic mass is 9.90. The monoisotopic (exact) mass is 550 g/mol. The van der Waals surface area contributed by atoms with E-state index < -0.39 is 0 Å². The summed E-state index contributed by atoms with van der Waals surface area (Å²) < 4.78 is 3.00. The van der Waals surface area contributed by atoms with Gasteiger partial charge in [-0.25, -0.2) is 9.97 Å². The maximum absolute atomic E-state index is 13.5. The van der Waals surface area contributed by atoms with Crippen molar-refractivity contribution in [3.8, 4) is 0 Å². The van der Waals surface area contributed by atoms with Crippen LogP contribution in [0.2, 0.25) is 5.02 Å². The van der Waals surface area contributed by atoms with Gasteiger partial charge in [-0.05, 0) is 75.4 Å². The third-order valence-electron chi connectivity index (χ3n) is 7.37. The van der Waals surface area contributed by atoms with E-state index >= 15 is 0 Å². The second-order valence-corrected chi connectivity index (χ2v) is 13.1. The molecule has 0 radical (unpaired) electrons. The fourth-order valence-corrected chi connectivity index (χ4v) is 6.09. The molecule has 1 saturated heterocycles. The molecule has 2 aliphatic rings. The number of carbonyl (C=O) groups excluding carboxylic acids is 1. The van der Waals surface area contributed by atoms with Crippen LogP contribution in [0, 0.1) is 5.92 Å². The van der Waals surface area contributed by atoms with Gasteiger partial charge in [-0.3, -0.25) is 14.5 Å². The summed E-state index contributed by atoms with van der Waals surface area (Å²) in [6.45, 7) is 11.8. The van der Waals surface area contributed by atoms with E-state index in [9.17, 15) is 4.79 Å². The number of halogens is 1. The maximum Gasteiger partial charge on any atom is 0.265 e. The van der Waals surface area contributed by atoms with Crippen LogP contribution in [0.25, 0.3) is 0 Å². The molecule has 0 saturated carbocycles. The van der Waals surface area contributed by atoms with E-state index in [-0.39, 0.29) is 22.9 Å². The summed E-state index contributed by atoms with van der Waals surface area (Å²) in [6.07, 6.45) is 4.59. The molecule has 2 unspecified atom stereocenters. The summed E-state index contributed by atoms with van der Waals surface area (Å²) in [5.74, 6) is 1.77. The van der Waals surface area contributed by atoms with E-state index in [1.54, 1.807) is 6.20 Å². The lowest BCUT2D eigenvalue weighted by molar-refractivity contribution is 0.0984. The molecule has 2 atom stereocenters. The molecule has 1 amide bonds. The molecule has 1 fully saturated rings. The van der Waals surface area contributed by atoms with Crippen LogP contribution in [0.1, 0.15) is 81.7 Å². The number of nitrogens with one attached hydrogen (secondary N) is 2. The highest BCUT2D eigenvalue weighted by molar-refractivity contribution is 7.97. The molecular formula is C29H35ClN6OS. The third-order valence-corrected chi connectivity index (χ3v) is 8.32. The Balaban J connectivity index is 1.55. The Bertz CT molecular complexity index is 1320. The van der Waals surface area contributed by atoms with Crippen molar-refractivity contribution >= 4 is 41.1 Å². The summed E-state index contributed by atoms with van der Waals surface area (Å²) in [4.78, 5) is 30.3. The van der Waals surface area contributed by atoms with Crippen molar-refractivity contribution in [1.82, 2.24) is 19.7 Å². The topological polar surface area (TPSA) is 83.0 Å². The number of anilines is 2. The average Bonchev–Trinajstić information content (AvgIpc) is 3.18. The van der Waals surface area contributed by atoms with Crippen molar-refractivity contribution in [3.05, 3.63) is 70.6 Å². The number of nitrogens with zero attached hydrogens (tertiary/aromatic N) is 4. The number of fused-ring (bicyclic) bond motifs is 6. The summed E-state index contributed by atoms with van der Waals surface area (Å²) in [7, 11) is 0. The minimum absolute atomic E-state index is 0.0187. The summed E-state index contributed by atoms with van der Waals surface area (Å²) in [5, 5.41) is 4.90. The molecular weight excluding hydrogens is 516 g/mol. The average molecular weight is 551 g/mol. The molecule has 4 bridgehead atoms. The molecule has 0 spiro atoms. The molecule has 38 heavy (non-hydrogen) atoms. The highest BCUT2D eigenvalue weighted by atomic mass is 35.5. The van der Waals surface area contributed by atoms with Gasteiger partial charge in [0.2, 0.25) is 0 Å². The van der Waals surface area contributed by atoms with Gasteiger partial charge in [-0.15, -0.1) is 0 Å². The van der Waals surface area contributed by atoms with Gasteiger partial charge >= 0.3 is 0 Å². The first-order valence-corrected chi connectivity index (χ1v) is 14.3. The van der Waals surface area contributed by atoms with Gasteiger partial charge in [0.15, 0.2) is 0 Å². The number of hydrogen-bond acceptors (Lipinski definition) is 7. The molecule has 200 valence electrons. The van der Waals surface area contributed by atoms with Gasteiger partial charge < -0.3 is 10.2 Å². The number of amides is 1. The van der Waals surface area contributed by atoms with Crippen molar-refractivity contribution in [3.63, 3.8) is 0 Å². The Morgan fingerprint density at radius 2 is 1.89 bits per heavy atom. The van der Waals surface area contributed by atoms with Crippen LogP contribution in [0.5, 0.6) is 0 Å². The zero-order valence-electron chi connectivity index (χ0n) is 22.6. The van der Waals surface area contributed by atoms with Gasteiger partial charge in [0, 0.05) is 41.3 Å². The van der Waals surface area contributed by atoms with Crippen molar-refractivity contribution in [1.29, 1.82) is 0 Å². The van der Waals surface area contributed by atoms with E-state index in [4.69, 9.17) is 21.6 Å². The molecule has 2 N–H and O–H groups in total. The molecule has 3 aromatic heterocycles. The molecule has 2 aliphatic heterocycles. The van der Waals surface area contributed by atoms with Crippen molar-refractivity contribution in [2.75, 3.05) is 16.8 Å². The van der Waals surface area contributed by atoms with Crippen LogP contribution in [0.4, 0.5) is 11.6 Å². The standard InChI is InChI=1S/C29H35ClN6OS/c1-28(2,3)23-14-11-20-26(33-23)36-17-18(15-29(36,4)5)9-12-22(21-13-10-19(30)16-31-21)32-24-7-6-8-25(34-24)38-35-27(20)37/h6-8,10-11,13-14,16,18,22H,9,12,15,17H2,1-5H3,(H,32,34)(H,35,37). The predicted molar refractivity (Wildman–Crippen MR) is 155 cm³/mol. The van der Waals surface area contributed by atoms with Crippen LogP contribution in [0.15, 0.2) is 53.7 Å². The Morgan fingerprint density at radius 3 is 2.63 bits per heavy atom. The summed E-state index contributed by atoms with van der Waals surface area (Å²) in [5.41, 5.74) is 2.23. The second kappa shape index (κ2) is 10.4. The first-order chi connectivity index (χ1) is 18.0. The van der Waals surface area contributed by atoms with Crippen LogP contribution >= 0.6 is 23.5 Å². The largest absolute Gasteiger partial charge is 0.362 e. The molecule has 3 aromatic rings. The van der Waals surface area contributed by atoms with Crippen LogP contribution in [-0.2, 0) is 5.41 Å². The van der Waals surface area contributed by atoms with Gasteiger partial charge in [-0.1, -0.05) is 38.4 Å². The van der Waals surface area contributed by atoms with E-state index in [2.05, 4.69) is 54.5 Å². The van der Waals surface area contributed by atoms with Gasteiger partial charge in [0.1, 0.15) is 16.7 Å². The van der Waals surface area contributed by atoms with Crippen molar-refractivity contribution in [2.45, 2.75) is 75.9 Å². The molecule has 5 heterocycles. The second-order valence-electron chi connectivity index (χ2n) is 11.9. The molecule has 5 rings (SSSR count). The fourth-order valence-electron chi connectivity index (χ4n) is 5.38. The van der Waals surface area contributed by atoms with Crippen molar-refractivity contribution in [2.24, 2.45) is 5.92 Å². The highest BCUT2D eigenvalue weighted by Gasteiger charge is 2.41. The molecule has 9 heteroatoms. The summed E-state index contributed by atoms with van der Waals surface area (Å²) in [6, 6.07) is 13.5. The van der Waals surface area contributed by atoms with Crippen LogP contribution < -0.4 is 14.9 Å². The number of pyridine rings is 3. The Labute approximate surface area is 234 Å². The van der Waals surface area contributed by atoms with E-state index in [0.717, 1.165) is 48.8 Å². The Kier molecular flexibility index (Phi) is 7.31. The number of hydrogen-bond donors (Lipinski definition) is 2. The first-order valence-electron chi connectivity index (χ1n) is 13.1. The zero-order valence-corrected chi connectivity index (χ0v) is 24.2. The van der Waals surface area contributed by atoms with Gasteiger partial charge in [0.25, 0.3) is 5.91 Å². The highest BCUT2D eigenvalue weighted by Crippen LogP contribution is 2.41. The summed E-state index contributed by atoms with van der Waals surface area (Å²) >= 11 is 7.34. The van der Waals surface area contributed by atoms with Crippen LogP contribution in [0.3, 0.4) is 0 Å². The normalized spacial score (nSPS) is 21.5. The zero-order chi connectivity index (χ0) is 27.1. The van der Waals surface area contributed by atoms with Crippen LogP contribution in [-0.4, -0.2) is 32.9 Å². The lowest BCUT2D eigenvalue weighted by Gasteiger charge is -2.34. The minimum atomic E-state index is -0.171.